The molecular weight excluding hydrogens is 635 g/mol. The Balaban J connectivity index is 1.13. The molecule has 3 aliphatic rings. The van der Waals surface area contributed by atoms with Crippen molar-refractivity contribution in [2.24, 2.45) is 9.98 Å². The van der Waals surface area contributed by atoms with Gasteiger partial charge in [0.2, 0.25) is 5.96 Å². The summed E-state index contributed by atoms with van der Waals surface area (Å²) in [7, 11) is 0. The summed E-state index contributed by atoms with van der Waals surface area (Å²) in [5.74, 6) is 1.54. The SMILES string of the molecule is C1=Cc2c(n(C3=NC(c4ccccc4)=NC(c4ccccc4)N3)c3cc4cc(-n5c6c(c7ccccc75)CCc5ccccc5-6)ccc4cc23)CC1. The molecule has 248 valence electrons. The molecule has 52 heavy (non-hydrogen) atoms. The minimum Gasteiger partial charge on any atom is -0.330 e. The number of aliphatic imine (C=N–C) groups is 2. The molecule has 1 N–H and O–H groups in total. The molecule has 1 aliphatic heterocycles. The van der Waals surface area contributed by atoms with Crippen LogP contribution in [0.15, 0.2) is 156 Å². The fourth-order valence-corrected chi connectivity index (χ4v) is 8.74. The second-order valence-electron chi connectivity index (χ2n) is 14.1. The van der Waals surface area contributed by atoms with Crippen LogP contribution >= 0.6 is 0 Å². The molecule has 0 saturated heterocycles. The Hall–Kier alpha value is -6.46. The van der Waals surface area contributed by atoms with Gasteiger partial charge in [0.25, 0.3) is 0 Å². The smallest absolute Gasteiger partial charge is 0.211 e. The predicted molar refractivity (Wildman–Crippen MR) is 215 cm³/mol. The van der Waals surface area contributed by atoms with Gasteiger partial charge in [-0.15, -0.1) is 0 Å². The van der Waals surface area contributed by atoms with Crippen molar-refractivity contribution in [1.29, 1.82) is 0 Å². The number of allylic oxidation sites excluding steroid dienone is 1. The van der Waals surface area contributed by atoms with E-state index in [0.717, 1.165) is 54.1 Å². The number of amidine groups is 1. The largest absolute Gasteiger partial charge is 0.330 e. The molecule has 0 bridgehead atoms. The highest BCUT2D eigenvalue weighted by Gasteiger charge is 2.28. The maximum atomic E-state index is 5.26. The average molecular weight is 670 g/mol. The van der Waals surface area contributed by atoms with E-state index in [0.29, 0.717) is 0 Å². The monoisotopic (exact) mass is 669 g/mol. The van der Waals surface area contributed by atoms with Gasteiger partial charge in [0.1, 0.15) is 6.17 Å². The van der Waals surface area contributed by atoms with Gasteiger partial charge >= 0.3 is 0 Å². The number of fused-ring (bicyclic) bond motifs is 9. The number of aromatic nitrogens is 2. The molecule has 0 spiro atoms. The average Bonchev–Trinajstić information content (AvgIpc) is 3.73. The highest BCUT2D eigenvalue weighted by molar-refractivity contribution is 6.12. The van der Waals surface area contributed by atoms with Gasteiger partial charge in [-0.25, -0.2) is 4.99 Å². The van der Waals surface area contributed by atoms with Crippen LogP contribution in [0.25, 0.3) is 55.6 Å². The van der Waals surface area contributed by atoms with Gasteiger partial charge in [0.05, 0.1) is 16.7 Å². The van der Waals surface area contributed by atoms with Gasteiger partial charge in [0, 0.05) is 38.8 Å². The van der Waals surface area contributed by atoms with Gasteiger partial charge in [-0.05, 0) is 83.5 Å². The maximum Gasteiger partial charge on any atom is 0.211 e. The lowest BCUT2D eigenvalue weighted by Crippen LogP contribution is -2.38. The molecule has 5 heteroatoms. The van der Waals surface area contributed by atoms with Gasteiger partial charge in [-0.2, -0.15) is 4.99 Å². The molecule has 1 unspecified atom stereocenters. The Labute approximate surface area is 301 Å². The highest BCUT2D eigenvalue weighted by Crippen LogP contribution is 2.43. The summed E-state index contributed by atoms with van der Waals surface area (Å²) >= 11 is 0. The molecule has 6 aromatic carbocycles. The lowest BCUT2D eigenvalue weighted by molar-refractivity contribution is 0.656. The van der Waals surface area contributed by atoms with E-state index >= 15 is 0 Å². The fourth-order valence-electron chi connectivity index (χ4n) is 8.74. The van der Waals surface area contributed by atoms with Gasteiger partial charge in [0.15, 0.2) is 5.84 Å². The van der Waals surface area contributed by atoms with E-state index in [-0.39, 0.29) is 6.17 Å². The fraction of sp³-hybridized carbons (Fsp3) is 0.106. The standard InChI is InChI=1S/C47H35N5/c1-3-14-31(15-4-1)45-48-46(32-16-5-2-6-17-32)50-47(49-45)52-42-22-12-10-20-38(42)40-28-33-23-25-35(27-34(33)29-43(40)52)51-41-21-11-9-19-37(41)39-26-24-30-13-7-8-18-36(30)44(39)51/h1-11,13-21,23,25,27-29,45H,12,22,24,26H2,(H,48,49,50). The zero-order chi connectivity index (χ0) is 34.2. The van der Waals surface area contributed by atoms with E-state index < -0.39 is 0 Å². The third-order valence-electron chi connectivity index (χ3n) is 11.1. The van der Waals surface area contributed by atoms with Crippen LogP contribution in [0.3, 0.4) is 0 Å². The zero-order valence-electron chi connectivity index (χ0n) is 28.6. The van der Waals surface area contributed by atoms with E-state index in [1.54, 1.807) is 0 Å². The molecule has 11 rings (SSSR count). The van der Waals surface area contributed by atoms with Crippen LogP contribution in [0.2, 0.25) is 0 Å². The van der Waals surface area contributed by atoms with Crippen molar-refractivity contribution in [1.82, 2.24) is 14.5 Å². The molecule has 1 atom stereocenters. The summed E-state index contributed by atoms with van der Waals surface area (Å²) < 4.78 is 4.87. The van der Waals surface area contributed by atoms with E-state index in [4.69, 9.17) is 9.98 Å². The Morgan fingerprint density at radius 3 is 2.35 bits per heavy atom. The van der Waals surface area contributed by atoms with E-state index in [1.165, 1.54) is 66.4 Å². The van der Waals surface area contributed by atoms with E-state index in [2.05, 4.69) is 160 Å². The van der Waals surface area contributed by atoms with Crippen LogP contribution in [0.4, 0.5) is 0 Å². The summed E-state index contributed by atoms with van der Waals surface area (Å²) in [6.45, 7) is 0. The minimum absolute atomic E-state index is 0.265. The summed E-state index contributed by atoms with van der Waals surface area (Å²) in [5.41, 5.74) is 13.8. The number of benzene rings is 6. The van der Waals surface area contributed by atoms with E-state index in [1.807, 2.05) is 6.07 Å². The summed E-state index contributed by atoms with van der Waals surface area (Å²) in [5, 5.41) is 8.78. The summed E-state index contributed by atoms with van der Waals surface area (Å²) in [4.78, 5) is 10.4. The van der Waals surface area contributed by atoms with Crippen molar-refractivity contribution < 1.29 is 0 Å². The van der Waals surface area contributed by atoms with Crippen molar-refractivity contribution in [3.05, 3.63) is 179 Å². The molecule has 0 amide bonds. The molecule has 8 aromatic rings. The molecule has 2 aromatic heterocycles. The van der Waals surface area contributed by atoms with Crippen molar-refractivity contribution in [3.8, 4) is 16.9 Å². The van der Waals surface area contributed by atoms with Gasteiger partial charge in [-0.1, -0.05) is 121 Å². The molecule has 0 radical (unpaired) electrons. The Bertz CT molecular complexity index is 2820. The Kier molecular flexibility index (Phi) is 6.50. The molecule has 5 nitrogen and oxygen atoms in total. The van der Waals surface area contributed by atoms with Gasteiger partial charge in [-0.3, -0.25) is 4.57 Å². The first-order valence-electron chi connectivity index (χ1n) is 18.3. The van der Waals surface area contributed by atoms with Crippen LogP contribution in [-0.2, 0) is 19.3 Å². The number of nitrogens with one attached hydrogen (secondary N) is 1. The normalized spacial score (nSPS) is 16.3. The Morgan fingerprint density at radius 2 is 1.44 bits per heavy atom. The van der Waals surface area contributed by atoms with Crippen molar-refractivity contribution in [2.75, 3.05) is 0 Å². The van der Waals surface area contributed by atoms with Crippen LogP contribution in [0, 0.1) is 0 Å². The van der Waals surface area contributed by atoms with E-state index in [9.17, 15) is 0 Å². The van der Waals surface area contributed by atoms with Crippen LogP contribution < -0.4 is 5.32 Å². The third-order valence-corrected chi connectivity index (χ3v) is 11.1. The predicted octanol–water partition coefficient (Wildman–Crippen LogP) is 10.4. The number of para-hydroxylation sites is 1. The van der Waals surface area contributed by atoms with Crippen molar-refractivity contribution >= 4 is 50.4 Å². The molecule has 0 saturated carbocycles. The second-order valence-corrected chi connectivity index (χ2v) is 14.1. The lowest BCUT2D eigenvalue weighted by Gasteiger charge is -2.25. The zero-order valence-corrected chi connectivity index (χ0v) is 28.6. The third kappa shape index (κ3) is 4.49. The minimum atomic E-state index is -0.265. The number of nitrogens with zero attached hydrogens (tertiary/aromatic N) is 4. The number of hydrogen-bond donors (Lipinski definition) is 1. The Morgan fingerprint density at radius 1 is 0.635 bits per heavy atom. The van der Waals surface area contributed by atoms with Crippen molar-refractivity contribution in [3.63, 3.8) is 0 Å². The highest BCUT2D eigenvalue weighted by atomic mass is 15.3. The number of aryl methyl sites for hydroxylation is 2. The first-order valence-corrected chi connectivity index (χ1v) is 18.3. The van der Waals surface area contributed by atoms with Crippen LogP contribution in [-0.4, -0.2) is 20.9 Å². The topological polar surface area (TPSA) is 46.6 Å². The quantitative estimate of drug-likeness (QED) is 0.200. The van der Waals surface area contributed by atoms with Gasteiger partial charge < -0.3 is 9.88 Å². The first-order chi connectivity index (χ1) is 25.8. The maximum absolute atomic E-state index is 5.26. The molecule has 2 aliphatic carbocycles. The summed E-state index contributed by atoms with van der Waals surface area (Å²) in [6, 6.07) is 50.4. The van der Waals surface area contributed by atoms with Crippen LogP contribution in [0.5, 0.6) is 0 Å². The molecule has 3 heterocycles. The second kappa shape index (κ2) is 11.5. The molecular formula is C47H35N5. The van der Waals surface area contributed by atoms with Crippen LogP contribution in [0.1, 0.15) is 46.1 Å². The lowest BCUT2D eigenvalue weighted by atomic mass is 9.89. The summed E-state index contributed by atoms with van der Waals surface area (Å²) in [6.07, 6.45) is 8.40. The van der Waals surface area contributed by atoms with Crippen molar-refractivity contribution in [2.45, 2.75) is 31.8 Å². The number of hydrogen-bond acceptors (Lipinski definition) is 3. The first kappa shape index (κ1) is 29.3. The number of rotatable bonds is 3. The molecule has 0 fully saturated rings.